The Hall–Kier alpha value is -9.06. The average molecular weight is 1180 g/mol. The first kappa shape index (κ1) is 55.5. The van der Waals surface area contributed by atoms with Crippen LogP contribution in [0.3, 0.4) is 0 Å². The maximum Gasteiger partial charge on any atom is 0.356 e. The molecule has 1 unspecified atom stereocenters. The number of oxime groups is 1. The molecule has 416 valence electrons. The highest BCUT2D eigenvalue weighted by Gasteiger charge is 2.55. The summed E-state index contributed by atoms with van der Waals surface area (Å²) in [5.41, 5.74) is 6.60. The Kier molecular flexibility index (Phi) is 16.6. The molecule has 12 nitrogen and oxygen atoms in total. The van der Waals surface area contributed by atoms with Crippen molar-refractivity contribution in [3.05, 3.63) is 320 Å². The van der Waals surface area contributed by atoms with Gasteiger partial charge in [-0.05, 0) is 50.8 Å². The van der Waals surface area contributed by atoms with Gasteiger partial charge in [-0.15, -0.1) is 46.2 Å². The lowest BCUT2D eigenvalue weighted by molar-refractivity contribution is -0.154. The SMILES string of the molecule is CSC1=C(C(=O)OC(c2ccccc2)c2ccccc2)N2C(=O)C(NC(=O)/C(=N\OCc3csc(NC(c4ccccc4)(c4ccccc4)c4ccccc4)n3)c3csc(NC(c4ccccc4)(c4ccccc4)c4ccccc4)n3)[C@H]2SC1. The van der Waals surface area contributed by atoms with Crippen LogP contribution in [0.1, 0.15) is 62.0 Å². The zero-order valence-electron chi connectivity index (χ0n) is 45.4. The smallest absolute Gasteiger partial charge is 0.356 e. The normalized spacial score (nSPS) is 15.2. The van der Waals surface area contributed by atoms with Gasteiger partial charge in [0.1, 0.15) is 33.9 Å². The molecule has 1 saturated heterocycles. The number of rotatable bonds is 21. The number of anilines is 2. The molecule has 2 aromatic heterocycles. The van der Waals surface area contributed by atoms with Crippen molar-refractivity contribution in [2.75, 3.05) is 22.6 Å². The summed E-state index contributed by atoms with van der Waals surface area (Å²) < 4.78 is 6.34. The number of carbonyl (C=O) groups excluding carboxylic acids is 3. The van der Waals surface area contributed by atoms with Crippen LogP contribution in [0.5, 0.6) is 0 Å². The number of nitrogens with zero attached hydrogens (tertiary/aromatic N) is 4. The number of thioether (sulfide) groups is 2. The van der Waals surface area contributed by atoms with Crippen LogP contribution in [0.4, 0.5) is 10.3 Å². The molecular weight excluding hydrogens is 1120 g/mol. The van der Waals surface area contributed by atoms with Gasteiger partial charge in [0.25, 0.3) is 11.8 Å². The molecular formula is C68H55N7O5S4. The minimum Gasteiger partial charge on any atom is -0.448 e. The highest BCUT2D eigenvalue weighted by atomic mass is 32.2. The van der Waals surface area contributed by atoms with Gasteiger partial charge in [0.05, 0.1) is 5.69 Å². The van der Waals surface area contributed by atoms with Crippen molar-refractivity contribution in [2.24, 2.45) is 5.16 Å². The Morgan fingerprint density at radius 3 is 1.43 bits per heavy atom. The standard InChI is InChI=1S/C68H55N7O5S4/c1-81-56-45-82-63-58(62(77)75(63)59(56)64(78)80-60(46-26-10-2-11-27-46)47-28-12-3-13-29-47)71-61(76)57(55-44-84-66(70-55)73-68(51-36-20-7-21-37-51,52-38-22-8-23-39-52)53-40-24-9-25-41-53)74-79-42-54-43-83-65(69-54)72-67(48-30-14-4-15-31-48,49-32-16-5-17-33-49)50-34-18-6-19-35-50/h2-41,43-44,58,60,63H,42,45H2,1H3,(H,69,72)(H,70,73)(H,71,76)/b74-57-/t58?,63-/m1/s1. The Labute approximate surface area is 503 Å². The Morgan fingerprint density at radius 1 is 0.595 bits per heavy atom. The molecule has 0 radical (unpaired) electrons. The van der Waals surface area contributed by atoms with Crippen molar-refractivity contribution >= 4 is 80.0 Å². The minimum absolute atomic E-state index is 0.104. The Morgan fingerprint density at radius 2 is 1.00 bits per heavy atom. The van der Waals surface area contributed by atoms with Crippen molar-refractivity contribution in [2.45, 2.75) is 35.2 Å². The van der Waals surface area contributed by atoms with Crippen molar-refractivity contribution in [3.63, 3.8) is 0 Å². The molecule has 8 aromatic carbocycles. The van der Waals surface area contributed by atoms with Gasteiger partial charge in [-0.2, -0.15) is 0 Å². The van der Waals surface area contributed by atoms with Gasteiger partial charge in [-0.1, -0.05) is 248 Å². The average Bonchev–Trinajstić information content (AvgIpc) is 2.72. The van der Waals surface area contributed by atoms with Crippen LogP contribution >= 0.6 is 46.2 Å². The van der Waals surface area contributed by atoms with Crippen LogP contribution in [0.2, 0.25) is 0 Å². The van der Waals surface area contributed by atoms with E-state index in [4.69, 9.17) is 19.5 Å². The third kappa shape index (κ3) is 11.2. The van der Waals surface area contributed by atoms with Crippen molar-refractivity contribution in [3.8, 4) is 0 Å². The van der Waals surface area contributed by atoms with E-state index in [0.29, 0.717) is 26.6 Å². The van der Waals surface area contributed by atoms with Crippen LogP contribution in [0.25, 0.3) is 0 Å². The third-order valence-corrected chi connectivity index (χ3v) is 18.7. The van der Waals surface area contributed by atoms with Crippen molar-refractivity contribution in [1.82, 2.24) is 20.2 Å². The van der Waals surface area contributed by atoms with E-state index in [1.165, 1.54) is 51.1 Å². The van der Waals surface area contributed by atoms with Crippen molar-refractivity contribution < 1.29 is 24.0 Å². The maximum absolute atomic E-state index is 15.0. The van der Waals surface area contributed by atoms with Crippen LogP contribution in [-0.4, -0.2) is 61.8 Å². The predicted molar refractivity (Wildman–Crippen MR) is 338 cm³/mol. The summed E-state index contributed by atoms with van der Waals surface area (Å²) in [5.74, 6) is -1.38. The van der Waals surface area contributed by atoms with E-state index < -0.39 is 46.4 Å². The quantitative estimate of drug-likeness (QED) is 0.0208. The molecule has 12 rings (SSSR count). The summed E-state index contributed by atoms with van der Waals surface area (Å²) in [6, 6.07) is 79.3. The number of benzene rings is 8. The van der Waals surface area contributed by atoms with Crippen LogP contribution in [-0.2, 0) is 41.6 Å². The number of β-lactam (4-membered cyclic amide) rings is 1. The second-order valence-corrected chi connectivity index (χ2v) is 23.5. The summed E-state index contributed by atoms with van der Waals surface area (Å²) in [7, 11) is 0. The fourth-order valence-electron chi connectivity index (χ4n) is 10.8. The van der Waals surface area contributed by atoms with E-state index in [1.807, 2.05) is 181 Å². The Balaban J connectivity index is 0.855. The summed E-state index contributed by atoms with van der Waals surface area (Å²) in [4.78, 5) is 62.5. The molecule has 2 amide bonds. The van der Waals surface area contributed by atoms with Gasteiger partial charge < -0.3 is 25.5 Å². The summed E-state index contributed by atoms with van der Waals surface area (Å²) in [6.07, 6.45) is 1.14. The maximum atomic E-state index is 15.0. The molecule has 0 bridgehead atoms. The molecule has 0 spiro atoms. The minimum atomic E-state index is -1.03. The van der Waals surface area contributed by atoms with E-state index in [1.54, 1.807) is 5.38 Å². The largest absolute Gasteiger partial charge is 0.448 e. The first-order valence-corrected chi connectivity index (χ1v) is 31.2. The number of aromatic nitrogens is 2. The predicted octanol–water partition coefficient (Wildman–Crippen LogP) is 13.6. The summed E-state index contributed by atoms with van der Waals surface area (Å²) in [6.45, 7) is -0.104. The van der Waals surface area contributed by atoms with Gasteiger partial charge in [0, 0.05) is 21.4 Å². The lowest BCUT2D eigenvalue weighted by atomic mass is 9.77. The van der Waals surface area contributed by atoms with E-state index >= 15 is 4.79 Å². The summed E-state index contributed by atoms with van der Waals surface area (Å²) in [5, 5.41) is 19.3. The van der Waals surface area contributed by atoms with Gasteiger partial charge in [-0.3, -0.25) is 14.5 Å². The van der Waals surface area contributed by atoms with Gasteiger partial charge >= 0.3 is 5.97 Å². The number of fused-ring (bicyclic) bond motifs is 1. The van der Waals surface area contributed by atoms with Gasteiger partial charge in [0.2, 0.25) is 0 Å². The topological polar surface area (TPSA) is 147 Å². The molecule has 0 aliphatic carbocycles. The van der Waals surface area contributed by atoms with Crippen LogP contribution in [0.15, 0.2) is 269 Å². The molecule has 2 atom stereocenters. The summed E-state index contributed by atoms with van der Waals surface area (Å²) >= 11 is 5.58. The number of thiazole rings is 2. The molecule has 2 aliphatic rings. The number of hydrogen-bond acceptors (Lipinski definition) is 14. The zero-order chi connectivity index (χ0) is 57.3. The molecule has 10 aromatic rings. The monoisotopic (exact) mass is 1180 g/mol. The fraction of sp³-hybridized carbons (Fsp3) is 0.118. The fourth-order valence-corrected chi connectivity index (χ4v) is 14.6. The molecule has 0 saturated carbocycles. The van der Waals surface area contributed by atoms with Crippen LogP contribution in [0, 0.1) is 0 Å². The van der Waals surface area contributed by atoms with E-state index in [9.17, 15) is 9.59 Å². The Bertz CT molecular complexity index is 3700. The van der Waals surface area contributed by atoms with E-state index in [-0.39, 0.29) is 23.7 Å². The van der Waals surface area contributed by atoms with E-state index in [0.717, 1.165) is 44.5 Å². The molecule has 1 fully saturated rings. The van der Waals surface area contributed by atoms with Gasteiger partial charge in [0.15, 0.2) is 28.7 Å². The zero-order valence-corrected chi connectivity index (χ0v) is 48.6. The second kappa shape index (κ2) is 25.2. The number of nitrogens with one attached hydrogen (secondary N) is 3. The highest BCUT2D eigenvalue weighted by Crippen LogP contribution is 2.46. The molecule has 3 N–H and O–H groups in total. The molecule has 16 heteroatoms. The second-order valence-electron chi connectivity index (χ2n) is 19.8. The number of hydrogen-bond donors (Lipinski definition) is 3. The number of ether oxygens (including phenoxy) is 1. The first-order valence-electron chi connectivity index (χ1n) is 27.2. The number of esters is 1. The lowest BCUT2D eigenvalue weighted by Crippen LogP contribution is -2.71. The van der Waals surface area contributed by atoms with Gasteiger partial charge in [-0.25, -0.2) is 14.8 Å². The number of amides is 2. The lowest BCUT2D eigenvalue weighted by Gasteiger charge is -2.49. The van der Waals surface area contributed by atoms with E-state index in [2.05, 4.69) is 93.9 Å². The number of carbonyl (C=O) groups is 3. The van der Waals surface area contributed by atoms with Crippen LogP contribution < -0.4 is 16.0 Å². The first-order chi connectivity index (χ1) is 41.3. The third-order valence-electron chi connectivity index (χ3n) is 14.8. The molecule has 2 aliphatic heterocycles. The highest BCUT2D eigenvalue weighted by molar-refractivity contribution is 8.05. The molecule has 4 heterocycles. The molecule has 84 heavy (non-hydrogen) atoms. The van der Waals surface area contributed by atoms with Crippen molar-refractivity contribution in [1.29, 1.82) is 0 Å².